The Balaban J connectivity index is 1.58. The molecule has 3 aliphatic rings. The van der Waals surface area contributed by atoms with Crippen molar-refractivity contribution >= 4 is 6.03 Å². The lowest BCUT2D eigenvalue weighted by atomic mass is 9.85. The first-order chi connectivity index (χ1) is 7.78. The highest BCUT2D eigenvalue weighted by molar-refractivity contribution is 5.75. The van der Waals surface area contributed by atoms with Crippen LogP contribution in [0.15, 0.2) is 0 Å². The third-order valence-electron chi connectivity index (χ3n) is 4.51. The molecule has 0 aromatic carbocycles. The van der Waals surface area contributed by atoms with Crippen LogP contribution in [0.25, 0.3) is 0 Å². The van der Waals surface area contributed by atoms with Gasteiger partial charge in [-0.25, -0.2) is 4.79 Å². The summed E-state index contributed by atoms with van der Waals surface area (Å²) >= 11 is 0. The fourth-order valence-electron chi connectivity index (χ4n) is 3.50. The van der Waals surface area contributed by atoms with Gasteiger partial charge in [0, 0.05) is 24.6 Å². The molecule has 3 fully saturated rings. The lowest BCUT2D eigenvalue weighted by Crippen LogP contribution is -2.49. The maximum absolute atomic E-state index is 11.7. The van der Waals surface area contributed by atoms with Gasteiger partial charge in [-0.1, -0.05) is 0 Å². The molecular formula is C12H20N2O2. The zero-order valence-corrected chi connectivity index (χ0v) is 9.48. The minimum absolute atomic E-state index is 0.0292. The first kappa shape index (κ1) is 10.4. The summed E-state index contributed by atoms with van der Waals surface area (Å²) in [6.45, 7) is 0.218. The van der Waals surface area contributed by atoms with Crippen molar-refractivity contribution in [3.05, 3.63) is 0 Å². The van der Waals surface area contributed by atoms with Gasteiger partial charge in [-0.15, -0.1) is 0 Å². The van der Waals surface area contributed by atoms with Crippen LogP contribution in [0.1, 0.15) is 32.1 Å². The van der Waals surface area contributed by atoms with E-state index in [1.807, 2.05) is 0 Å². The van der Waals surface area contributed by atoms with Gasteiger partial charge in [0.15, 0.2) is 0 Å². The van der Waals surface area contributed by atoms with E-state index in [2.05, 4.69) is 10.6 Å². The Morgan fingerprint density at radius 2 is 1.88 bits per heavy atom. The summed E-state index contributed by atoms with van der Waals surface area (Å²) in [5.41, 5.74) is 0. The molecule has 3 rings (SSSR count). The van der Waals surface area contributed by atoms with Crippen molar-refractivity contribution < 1.29 is 9.90 Å². The number of rotatable bonds is 3. The van der Waals surface area contributed by atoms with E-state index in [4.69, 9.17) is 0 Å². The zero-order valence-electron chi connectivity index (χ0n) is 9.48. The van der Waals surface area contributed by atoms with E-state index in [0.29, 0.717) is 23.8 Å². The lowest BCUT2D eigenvalue weighted by molar-refractivity contribution is 0.144. The van der Waals surface area contributed by atoms with Gasteiger partial charge >= 0.3 is 6.03 Å². The topological polar surface area (TPSA) is 61.4 Å². The minimum Gasteiger partial charge on any atom is -0.396 e. The second kappa shape index (κ2) is 3.91. The van der Waals surface area contributed by atoms with Crippen LogP contribution >= 0.6 is 0 Å². The number of hydrogen-bond donors (Lipinski definition) is 3. The summed E-state index contributed by atoms with van der Waals surface area (Å²) in [5.74, 6) is 1.54. The Hall–Kier alpha value is -0.770. The first-order valence-corrected chi connectivity index (χ1v) is 6.46. The van der Waals surface area contributed by atoms with E-state index in [1.165, 1.54) is 19.3 Å². The molecule has 16 heavy (non-hydrogen) atoms. The fraction of sp³-hybridized carbons (Fsp3) is 0.917. The van der Waals surface area contributed by atoms with E-state index in [0.717, 1.165) is 12.8 Å². The van der Waals surface area contributed by atoms with E-state index in [9.17, 15) is 9.90 Å². The number of fused-ring (bicyclic) bond motifs is 2. The molecule has 4 atom stereocenters. The number of nitrogens with one attached hydrogen (secondary N) is 2. The second-order valence-corrected chi connectivity index (χ2v) is 5.60. The van der Waals surface area contributed by atoms with Gasteiger partial charge in [-0.3, -0.25) is 0 Å². The smallest absolute Gasteiger partial charge is 0.315 e. The molecule has 0 aliphatic heterocycles. The van der Waals surface area contributed by atoms with Gasteiger partial charge in [-0.2, -0.15) is 0 Å². The lowest BCUT2D eigenvalue weighted by Gasteiger charge is -2.30. The highest BCUT2D eigenvalue weighted by Crippen LogP contribution is 2.48. The van der Waals surface area contributed by atoms with E-state index >= 15 is 0 Å². The Labute approximate surface area is 95.8 Å². The number of urea groups is 1. The van der Waals surface area contributed by atoms with Crippen LogP contribution in [0.5, 0.6) is 0 Å². The van der Waals surface area contributed by atoms with E-state index in [-0.39, 0.29) is 18.7 Å². The highest BCUT2D eigenvalue weighted by Gasteiger charge is 2.47. The molecule has 0 heterocycles. The SMILES string of the molecule is O=C(NC1CC1)N[C@H]1[C@@H]2CC[C@H](C2)[C@@H]1CO. The molecule has 4 nitrogen and oxygen atoms in total. The van der Waals surface area contributed by atoms with Gasteiger partial charge in [0.05, 0.1) is 0 Å². The third kappa shape index (κ3) is 1.79. The molecule has 3 aliphatic carbocycles. The maximum atomic E-state index is 11.7. The van der Waals surface area contributed by atoms with Crippen molar-refractivity contribution in [1.82, 2.24) is 10.6 Å². The van der Waals surface area contributed by atoms with Crippen molar-refractivity contribution in [1.29, 1.82) is 0 Å². The van der Waals surface area contributed by atoms with Crippen molar-refractivity contribution in [2.45, 2.75) is 44.2 Å². The van der Waals surface area contributed by atoms with Crippen molar-refractivity contribution in [3.8, 4) is 0 Å². The average molecular weight is 224 g/mol. The molecule has 2 bridgehead atoms. The standard InChI is InChI=1S/C12H20N2O2/c15-6-10-7-1-2-8(5-7)11(10)14-12(16)13-9-3-4-9/h7-11,15H,1-6H2,(H2,13,14,16)/t7-,8-,10+,11+/m1/s1. The van der Waals surface area contributed by atoms with Crippen LogP contribution in [0, 0.1) is 17.8 Å². The molecule has 0 radical (unpaired) electrons. The van der Waals surface area contributed by atoms with Crippen molar-refractivity contribution in [2.24, 2.45) is 17.8 Å². The van der Waals surface area contributed by atoms with Gasteiger partial charge in [0.2, 0.25) is 0 Å². The molecule has 0 spiro atoms. The molecule has 0 unspecified atom stereocenters. The summed E-state index contributed by atoms with van der Waals surface area (Å²) in [7, 11) is 0. The number of carbonyl (C=O) groups is 1. The minimum atomic E-state index is -0.0292. The summed E-state index contributed by atoms with van der Waals surface area (Å²) in [4.78, 5) is 11.7. The molecular weight excluding hydrogens is 204 g/mol. The number of hydrogen-bond acceptors (Lipinski definition) is 2. The summed E-state index contributed by atoms with van der Waals surface area (Å²) in [5, 5.41) is 15.4. The van der Waals surface area contributed by atoms with Crippen LogP contribution < -0.4 is 10.6 Å². The average Bonchev–Trinajstić information content (AvgIpc) is 2.86. The number of carbonyl (C=O) groups excluding carboxylic acids is 1. The predicted octanol–water partition coefficient (Wildman–Crippen LogP) is 0.855. The Morgan fingerprint density at radius 3 is 2.56 bits per heavy atom. The van der Waals surface area contributed by atoms with Crippen LogP contribution in [-0.4, -0.2) is 29.8 Å². The molecule has 0 saturated heterocycles. The number of amides is 2. The van der Waals surface area contributed by atoms with Crippen LogP contribution in [0.2, 0.25) is 0 Å². The monoisotopic (exact) mass is 224 g/mol. The summed E-state index contributed by atoms with van der Waals surface area (Å²) in [6, 6.07) is 0.590. The van der Waals surface area contributed by atoms with Crippen LogP contribution in [0.4, 0.5) is 4.79 Å². The molecule has 90 valence electrons. The largest absolute Gasteiger partial charge is 0.396 e. The second-order valence-electron chi connectivity index (χ2n) is 5.60. The van der Waals surface area contributed by atoms with Gasteiger partial charge in [0.25, 0.3) is 0 Å². The molecule has 3 N–H and O–H groups in total. The number of aliphatic hydroxyl groups is 1. The molecule has 2 amide bonds. The quantitative estimate of drug-likeness (QED) is 0.665. The Kier molecular flexibility index (Phi) is 2.54. The normalized spacial score (nSPS) is 41.1. The van der Waals surface area contributed by atoms with Crippen molar-refractivity contribution in [3.63, 3.8) is 0 Å². The van der Waals surface area contributed by atoms with Crippen LogP contribution in [-0.2, 0) is 0 Å². The molecule has 4 heteroatoms. The Bertz CT molecular complexity index is 291. The van der Waals surface area contributed by atoms with E-state index < -0.39 is 0 Å². The van der Waals surface area contributed by atoms with Gasteiger partial charge < -0.3 is 15.7 Å². The third-order valence-corrected chi connectivity index (χ3v) is 4.51. The van der Waals surface area contributed by atoms with Crippen molar-refractivity contribution in [2.75, 3.05) is 6.61 Å². The number of aliphatic hydroxyl groups excluding tert-OH is 1. The van der Waals surface area contributed by atoms with Gasteiger partial charge in [0.1, 0.15) is 0 Å². The molecule has 0 aromatic heterocycles. The Morgan fingerprint density at radius 1 is 1.12 bits per heavy atom. The molecule has 0 aromatic rings. The first-order valence-electron chi connectivity index (χ1n) is 6.46. The fourth-order valence-corrected chi connectivity index (χ4v) is 3.50. The predicted molar refractivity (Wildman–Crippen MR) is 59.9 cm³/mol. The van der Waals surface area contributed by atoms with Gasteiger partial charge in [-0.05, 0) is 43.9 Å². The summed E-state index contributed by atoms with van der Waals surface area (Å²) in [6.07, 6.45) is 5.88. The van der Waals surface area contributed by atoms with E-state index in [1.54, 1.807) is 0 Å². The molecule has 3 saturated carbocycles. The zero-order chi connectivity index (χ0) is 11.1. The van der Waals surface area contributed by atoms with Crippen LogP contribution in [0.3, 0.4) is 0 Å². The maximum Gasteiger partial charge on any atom is 0.315 e. The highest BCUT2D eigenvalue weighted by atomic mass is 16.3. The summed E-state index contributed by atoms with van der Waals surface area (Å²) < 4.78 is 0.